The van der Waals surface area contributed by atoms with Crippen LogP contribution >= 0.6 is 0 Å². The zero-order valence-electron chi connectivity index (χ0n) is 16.8. The van der Waals surface area contributed by atoms with Gasteiger partial charge in [-0.3, -0.25) is 0 Å². The third-order valence-electron chi connectivity index (χ3n) is 4.62. The lowest BCUT2D eigenvalue weighted by atomic mass is 10.2. The summed E-state index contributed by atoms with van der Waals surface area (Å²) in [6.45, 7) is 2.33. The summed E-state index contributed by atoms with van der Waals surface area (Å²) in [5, 5.41) is 3.45. The quantitative estimate of drug-likeness (QED) is 0.345. The van der Waals surface area contributed by atoms with Crippen LogP contribution in [0.1, 0.15) is 12.0 Å². The zero-order valence-corrected chi connectivity index (χ0v) is 16.8. The maximum Gasteiger partial charge on any atom is 0.129 e. The molecule has 4 aromatic rings. The highest BCUT2D eigenvalue weighted by Crippen LogP contribution is 2.24. The first-order chi connectivity index (χ1) is 14.8. The Hall–Kier alpha value is -3.73. The van der Waals surface area contributed by atoms with Gasteiger partial charge in [-0.1, -0.05) is 36.4 Å². The Labute approximate surface area is 176 Å². The molecule has 0 bridgehead atoms. The summed E-state index contributed by atoms with van der Waals surface area (Å²) in [6.07, 6.45) is 6.53. The summed E-state index contributed by atoms with van der Waals surface area (Å²) in [4.78, 5) is 4.04. The Kier molecular flexibility index (Phi) is 6.63. The number of para-hydroxylation sites is 1. The minimum absolute atomic E-state index is 0.685. The van der Waals surface area contributed by atoms with Gasteiger partial charge in [-0.2, -0.15) is 0 Å². The van der Waals surface area contributed by atoms with Crippen LogP contribution in [-0.4, -0.2) is 16.2 Å². The van der Waals surface area contributed by atoms with Crippen molar-refractivity contribution in [2.75, 3.05) is 11.9 Å². The van der Waals surface area contributed by atoms with Crippen LogP contribution in [0.3, 0.4) is 0 Å². The molecule has 0 fully saturated rings. The average Bonchev–Trinajstić information content (AvgIpc) is 3.31. The van der Waals surface area contributed by atoms with Crippen LogP contribution in [0.5, 0.6) is 17.2 Å². The second kappa shape index (κ2) is 10.2. The zero-order chi connectivity index (χ0) is 20.4. The molecule has 0 radical (unpaired) electrons. The fraction of sp³-hybridized carbons (Fsp3) is 0.160. The number of aromatic nitrogens is 2. The molecule has 0 aliphatic rings. The molecule has 0 spiro atoms. The van der Waals surface area contributed by atoms with Gasteiger partial charge in [0.2, 0.25) is 0 Å². The number of anilines is 1. The van der Waals surface area contributed by atoms with E-state index >= 15 is 0 Å². The van der Waals surface area contributed by atoms with Gasteiger partial charge in [0.25, 0.3) is 0 Å². The standard InChI is InChI=1S/C25H25N3O2/c1-2-7-24(8-3-1)30-25-9-4-6-22(18-25)27-19-21-10-12-23(13-11-21)29-17-5-15-28-16-14-26-20-28/h1-4,6-14,16,18,20,27H,5,15,17,19H2. The van der Waals surface area contributed by atoms with Crippen molar-refractivity contribution in [3.05, 3.63) is 103 Å². The maximum atomic E-state index is 5.90. The molecule has 30 heavy (non-hydrogen) atoms. The van der Waals surface area contributed by atoms with Gasteiger partial charge >= 0.3 is 0 Å². The van der Waals surface area contributed by atoms with E-state index in [2.05, 4.69) is 27.0 Å². The molecule has 0 amide bonds. The van der Waals surface area contributed by atoms with Gasteiger partial charge in [-0.05, 0) is 48.4 Å². The molecular weight excluding hydrogens is 374 g/mol. The minimum atomic E-state index is 0.685. The highest BCUT2D eigenvalue weighted by atomic mass is 16.5. The fourth-order valence-corrected chi connectivity index (χ4v) is 3.06. The lowest BCUT2D eigenvalue weighted by Gasteiger charge is -2.11. The number of nitrogens with zero attached hydrogens (tertiary/aromatic N) is 2. The van der Waals surface area contributed by atoms with E-state index in [9.17, 15) is 0 Å². The molecule has 1 aromatic heterocycles. The molecule has 0 saturated carbocycles. The molecule has 0 unspecified atom stereocenters. The SMILES string of the molecule is c1ccc(Oc2cccc(NCc3ccc(OCCCn4ccnc4)cc3)c2)cc1. The monoisotopic (exact) mass is 399 g/mol. The number of imidazole rings is 1. The van der Waals surface area contributed by atoms with Gasteiger partial charge in [0.1, 0.15) is 17.2 Å². The average molecular weight is 399 g/mol. The summed E-state index contributed by atoms with van der Waals surface area (Å²) < 4.78 is 13.8. The normalized spacial score (nSPS) is 10.5. The first kappa shape index (κ1) is 19.6. The molecule has 5 heteroatoms. The van der Waals surface area contributed by atoms with E-state index in [1.54, 1.807) is 6.20 Å². The molecule has 0 atom stereocenters. The third kappa shape index (κ3) is 5.88. The molecular formula is C25H25N3O2. The van der Waals surface area contributed by atoms with E-state index in [-0.39, 0.29) is 0 Å². The van der Waals surface area contributed by atoms with Crippen LogP contribution in [0, 0.1) is 0 Å². The maximum absolute atomic E-state index is 5.90. The largest absolute Gasteiger partial charge is 0.494 e. The van der Waals surface area contributed by atoms with Crippen molar-refractivity contribution in [1.29, 1.82) is 0 Å². The number of hydrogen-bond donors (Lipinski definition) is 1. The fourth-order valence-electron chi connectivity index (χ4n) is 3.06. The third-order valence-corrected chi connectivity index (χ3v) is 4.62. The van der Waals surface area contributed by atoms with Gasteiger partial charge in [0.15, 0.2) is 0 Å². The molecule has 0 saturated heterocycles. The Bertz CT molecular complexity index is 1020. The van der Waals surface area contributed by atoms with E-state index in [0.29, 0.717) is 6.61 Å². The van der Waals surface area contributed by atoms with Crippen molar-refractivity contribution in [3.63, 3.8) is 0 Å². The van der Waals surface area contributed by atoms with Crippen molar-refractivity contribution in [3.8, 4) is 17.2 Å². The Morgan fingerprint density at radius 2 is 1.67 bits per heavy atom. The second-order valence-electron chi connectivity index (χ2n) is 6.94. The van der Waals surface area contributed by atoms with Crippen LogP contribution in [0.25, 0.3) is 0 Å². The Morgan fingerprint density at radius 1 is 0.833 bits per heavy atom. The highest BCUT2D eigenvalue weighted by molar-refractivity contribution is 5.49. The molecule has 0 aliphatic carbocycles. The molecule has 1 N–H and O–H groups in total. The number of ether oxygens (including phenoxy) is 2. The summed E-state index contributed by atoms with van der Waals surface area (Å²) in [5.74, 6) is 2.53. The van der Waals surface area contributed by atoms with Crippen LogP contribution in [-0.2, 0) is 13.1 Å². The van der Waals surface area contributed by atoms with Gasteiger partial charge in [0, 0.05) is 37.2 Å². The van der Waals surface area contributed by atoms with E-state index < -0.39 is 0 Å². The topological polar surface area (TPSA) is 48.3 Å². The van der Waals surface area contributed by atoms with Crippen LogP contribution < -0.4 is 14.8 Å². The molecule has 0 aliphatic heterocycles. The number of aryl methyl sites for hydroxylation is 1. The summed E-state index contributed by atoms with van der Waals surface area (Å²) >= 11 is 0. The Balaban J connectivity index is 1.23. The van der Waals surface area contributed by atoms with Crippen molar-refractivity contribution in [2.24, 2.45) is 0 Å². The lowest BCUT2D eigenvalue weighted by molar-refractivity contribution is 0.301. The first-order valence-electron chi connectivity index (χ1n) is 10.1. The molecule has 4 rings (SSSR count). The van der Waals surface area contributed by atoms with Gasteiger partial charge in [-0.15, -0.1) is 0 Å². The van der Waals surface area contributed by atoms with Crippen molar-refractivity contribution < 1.29 is 9.47 Å². The second-order valence-corrected chi connectivity index (χ2v) is 6.94. The van der Waals surface area contributed by atoms with Crippen LogP contribution in [0.2, 0.25) is 0 Å². The molecule has 3 aromatic carbocycles. The van der Waals surface area contributed by atoms with E-state index in [1.165, 1.54) is 5.56 Å². The summed E-state index contributed by atoms with van der Waals surface area (Å²) in [7, 11) is 0. The number of rotatable bonds is 10. The molecule has 152 valence electrons. The minimum Gasteiger partial charge on any atom is -0.494 e. The smallest absolute Gasteiger partial charge is 0.129 e. The van der Waals surface area contributed by atoms with Crippen molar-refractivity contribution in [2.45, 2.75) is 19.5 Å². The highest BCUT2D eigenvalue weighted by Gasteiger charge is 2.01. The van der Waals surface area contributed by atoms with Gasteiger partial charge < -0.3 is 19.4 Å². The number of benzene rings is 3. The Morgan fingerprint density at radius 3 is 2.47 bits per heavy atom. The number of nitrogens with one attached hydrogen (secondary N) is 1. The summed E-state index contributed by atoms with van der Waals surface area (Å²) in [5.41, 5.74) is 2.21. The van der Waals surface area contributed by atoms with Crippen molar-refractivity contribution >= 4 is 5.69 Å². The number of hydrogen-bond acceptors (Lipinski definition) is 4. The predicted molar refractivity (Wildman–Crippen MR) is 119 cm³/mol. The van der Waals surface area contributed by atoms with Crippen molar-refractivity contribution in [1.82, 2.24) is 9.55 Å². The predicted octanol–water partition coefficient (Wildman–Crippen LogP) is 5.76. The van der Waals surface area contributed by atoms with Crippen LogP contribution in [0.15, 0.2) is 97.6 Å². The molecule has 5 nitrogen and oxygen atoms in total. The van der Waals surface area contributed by atoms with E-state index in [4.69, 9.17) is 9.47 Å². The van der Waals surface area contributed by atoms with Crippen LogP contribution in [0.4, 0.5) is 5.69 Å². The van der Waals surface area contributed by atoms with E-state index in [1.807, 2.05) is 79.3 Å². The lowest BCUT2D eigenvalue weighted by Crippen LogP contribution is -2.03. The first-order valence-corrected chi connectivity index (χ1v) is 10.1. The van der Waals surface area contributed by atoms with E-state index in [0.717, 1.165) is 42.4 Å². The molecule has 1 heterocycles. The van der Waals surface area contributed by atoms with Gasteiger partial charge in [-0.25, -0.2) is 4.98 Å². The summed E-state index contributed by atoms with van der Waals surface area (Å²) in [6, 6.07) is 26.0. The van der Waals surface area contributed by atoms with Gasteiger partial charge in [0.05, 0.1) is 12.9 Å².